The van der Waals surface area contributed by atoms with Crippen molar-refractivity contribution in [3.63, 3.8) is 0 Å². The Labute approximate surface area is 94.6 Å². The summed E-state index contributed by atoms with van der Waals surface area (Å²) in [6, 6.07) is 2.16. The Bertz CT molecular complexity index is 291. The molecule has 0 saturated carbocycles. The third-order valence-electron chi connectivity index (χ3n) is 2.25. The van der Waals surface area contributed by atoms with Crippen LogP contribution in [0.15, 0.2) is 18.5 Å². The maximum atomic E-state index is 5.96. The fourth-order valence-electron chi connectivity index (χ4n) is 1.01. The number of hydrogen-bond acceptors (Lipinski definition) is 2. The van der Waals surface area contributed by atoms with Crippen LogP contribution in [0.1, 0.15) is 13.8 Å². The molecule has 0 aliphatic heterocycles. The van der Waals surface area contributed by atoms with Crippen LogP contribution >= 0.6 is 23.2 Å². The Morgan fingerprint density at radius 3 is 2.79 bits per heavy atom. The van der Waals surface area contributed by atoms with Gasteiger partial charge in [0.1, 0.15) is 0 Å². The monoisotopic (exact) mass is 232 g/mol. The molecule has 78 valence electrons. The van der Waals surface area contributed by atoms with Gasteiger partial charge in [0.25, 0.3) is 0 Å². The molecule has 0 bridgehead atoms. The van der Waals surface area contributed by atoms with Gasteiger partial charge in [-0.15, -0.1) is 11.6 Å². The molecule has 0 radical (unpaired) electrons. The summed E-state index contributed by atoms with van der Waals surface area (Å²) in [5.74, 6) is 1.04. The fourth-order valence-corrected chi connectivity index (χ4v) is 1.45. The molecule has 0 fully saturated rings. The van der Waals surface area contributed by atoms with Crippen LogP contribution in [0, 0.1) is 5.92 Å². The number of anilines is 1. The van der Waals surface area contributed by atoms with Gasteiger partial charge in [-0.2, -0.15) is 0 Å². The number of nitrogens with one attached hydrogen (secondary N) is 1. The van der Waals surface area contributed by atoms with E-state index in [0.717, 1.165) is 5.69 Å². The lowest BCUT2D eigenvalue weighted by Gasteiger charge is -2.20. The quantitative estimate of drug-likeness (QED) is 0.806. The molecule has 0 saturated heterocycles. The second-order valence-corrected chi connectivity index (χ2v) is 4.14. The summed E-state index contributed by atoms with van der Waals surface area (Å²) in [4.78, 5) is 3.92. The second kappa shape index (κ2) is 5.42. The van der Waals surface area contributed by atoms with E-state index >= 15 is 0 Å². The van der Waals surface area contributed by atoms with E-state index in [1.165, 1.54) is 0 Å². The molecule has 0 aliphatic carbocycles. The zero-order valence-electron chi connectivity index (χ0n) is 8.30. The average Bonchev–Trinajstić information content (AvgIpc) is 2.20. The molecule has 1 N–H and O–H groups in total. The third-order valence-corrected chi connectivity index (χ3v) is 3.04. The smallest absolute Gasteiger partial charge is 0.0820 e. The molecule has 0 amide bonds. The zero-order chi connectivity index (χ0) is 10.6. The van der Waals surface area contributed by atoms with E-state index in [9.17, 15) is 0 Å². The normalized spacial score (nSPS) is 14.9. The van der Waals surface area contributed by atoms with Gasteiger partial charge in [-0.05, 0) is 18.9 Å². The highest BCUT2D eigenvalue weighted by molar-refractivity contribution is 6.33. The van der Waals surface area contributed by atoms with Crippen LogP contribution in [-0.2, 0) is 0 Å². The second-order valence-electron chi connectivity index (χ2n) is 3.42. The molecule has 0 aliphatic rings. The standard InChI is InChI=1S/C10H14Cl2N2/c1-7(5-11)8(2)14-10-3-4-13-6-9(10)12/h3-4,6-8H,5H2,1-2H3,(H,13,14). The van der Waals surface area contributed by atoms with Crippen LogP contribution in [-0.4, -0.2) is 16.9 Å². The van der Waals surface area contributed by atoms with Gasteiger partial charge in [-0.1, -0.05) is 18.5 Å². The number of alkyl halides is 1. The van der Waals surface area contributed by atoms with E-state index in [4.69, 9.17) is 23.2 Å². The van der Waals surface area contributed by atoms with Crippen molar-refractivity contribution in [1.82, 2.24) is 4.98 Å². The lowest BCUT2D eigenvalue weighted by atomic mass is 10.1. The largest absolute Gasteiger partial charge is 0.381 e. The summed E-state index contributed by atoms with van der Waals surface area (Å²) in [5, 5.41) is 3.94. The number of halogens is 2. The average molecular weight is 233 g/mol. The van der Waals surface area contributed by atoms with E-state index < -0.39 is 0 Å². The summed E-state index contributed by atoms with van der Waals surface area (Å²) in [6.45, 7) is 4.18. The fraction of sp³-hybridized carbons (Fsp3) is 0.500. The lowest BCUT2D eigenvalue weighted by Crippen LogP contribution is -2.24. The van der Waals surface area contributed by atoms with Crippen LogP contribution in [0.2, 0.25) is 5.02 Å². The van der Waals surface area contributed by atoms with Crippen LogP contribution in [0.5, 0.6) is 0 Å². The maximum absolute atomic E-state index is 5.96. The molecule has 1 aromatic rings. The third kappa shape index (κ3) is 3.03. The summed E-state index contributed by atoms with van der Waals surface area (Å²) in [5.41, 5.74) is 0.908. The van der Waals surface area contributed by atoms with Gasteiger partial charge in [-0.25, -0.2) is 0 Å². The summed E-state index contributed by atoms with van der Waals surface area (Å²) < 4.78 is 0. The minimum Gasteiger partial charge on any atom is -0.381 e. The first-order chi connectivity index (χ1) is 6.65. The predicted octanol–water partition coefficient (Wildman–Crippen LogP) is 3.41. The molecule has 4 heteroatoms. The Hall–Kier alpha value is -0.470. The van der Waals surface area contributed by atoms with Crippen molar-refractivity contribution < 1.29 is 0 Å². The topological polar surface area (TPSA) is 24.9 Å². The minimum atomic E-state index is 0.299. The van der Waals surface area contributed by atoms with Crippen LogP contribution in [0.3, 0.4) is 0 Å². The molecule has 1 heterocycles. The zero-order valence-corrected chi connectivity index (χ0v) is 9.81. The van der Waals surface area contributed by atoms with Crippen molar-refractivity contribution in [2.45, 2.75) is 19.9 Å². The number of rotatable bonds is 4. The van der Waals surface area contributed by atoms with Gasteiger partial charge in [0, 0.05) is 24.3 Å². The van der Waals surface area contributed by atoms with Gasteiger partial charge in [0.2, 0.25) is 0 Å². The minimum absolute atomic E-state index is 0.299. The van der Waals surface area contributed by atoms with E-state index in [0.29, 0.717) is 22.9 Å². The van der Waals surface area contributed by atoms with Crippen molar-refractivity contribution in [2.75, 3.05) is 11.2 Å². The van der Waals surface area contributed by atoms with E-state index in [-0.39, 0.29) is 0 Å². The van der Waals surface area contributed by atoms with Crippen molar-refractivity contribution in [3.8, 4) is 0 Å². The highest BCUT2D eigenvalue weighted by Crippen LogP contribution is 2.21. The molecule has 1 aromatic heterocycles. The van der Waals surface area contributed by atoms with Crippen LogP contribution < -0.4 is 5.32 Å². The number of hydrogen-bond donors (Lipinski definition) is 1. The van der Waals surface area contributed by atoms with E-state index in [1.807, 2.05) is 6.07 Å². The number of nitrogens with zero attached hydrogens (tertiary/aromatic N) is 1. The molecule has 0 aromatic carbocycles. The molecule has 2 nitrogen and oxygen atoms in total. The van der Waals surface area contributed by atoms with Gasteiger partial charge in [0.15, 0.2) is 0 Å². The van der Waals surface area contributed by atoms with Crippen molar-refractivity contribution >= 4 is 28.9 Å². The molecule has 14 heavy (non-hydrogen) atoms. The van der Waals surface area contributed by atoms with Gasteiger partial charge in [-0.3, -0.25) is 4.98 Å². The number of pyridine rings is 1. The highest BCUT2D eigenvalue weighted by atomic mass is 35.5. The predicted molar refractivity (Wildman–Crippen MR) is 62.2 cm³/mol. The van der Waals surface area contributed by atoms with E-state index in [2.05, 4.69) is 24.1 Å². The molecular weight excluding hydrogens is 219 g/mol. The molecule has 0 spiro atoms. The highest BCUT2D eigenvalue weighted by Gasteiger charge is 2.11. The summed E-state index contributed by atoms with van der Waals surface area (Å²) in [6.07, 6.45) is 3.34. The van der Waals surface area contributed by atoms with Crippen LogP contribution in [0.25, 0.3) is 0 Å². The molecule has 1 rings (SSSR count). The first-order valence-corrected chi connectivity index (χ1v) is 5.48. The van der Waals surface area contributed by atoms with Crippen LogP contribution in [0.4, 0.5) is 5.69 Å². The van der Waals surface area contributed by atoms with Gasteiger partial charge >= 0.3 is 0 Å². The van der Waals surface area contributed by atoms with E-state index in [1.54, 1.807) is 12.4 Å². The Morgan fingerprint density at radius 1 is 1.50 bits per heavy atom. The Morgan fingerprint density at radius 2 is 2.21 bits per heavy atom. The maximum Gasteiger partial charge on any atom is 0.0820 e. The summed E-state index contributed by atoms with van der Waals surface area (Å²) in [7, 11) is 0. The Kier molecular flexibility index (Phi) is 4.49. The first kappa shape index (κ1) is 11.6. The molecule has 2 atom stereocenters. The lowest BCUT2D eigenvalue weighted by molar-refractivity contribution is 0.566. The number of aromatic nitrogens is 1. The van der Waals surface area contributed by atoms with Crippen molar-refractivity contribution in [2.24, 2.45) is 5.92 Å². The Balaban J connectivity index is 2.64. The molecular formula is C10H14Cl2N2. The SMILES string of the molecule is CC(CCl)C(C)Nc1ccncc1Cl. The summed E-state index contributed by atoms with van der Waals surface area (Å²) >= 11 is 11.7. The van der Waals surface area contributed by atoms with Gasteiger partial charge in [0.05, 0.1) is 10.7 Å². The first-order valence-electron chi connectivity index (χ1n) is 4.57. The van der Waals surface area contributed by atoms with Gasteiger partial charge < -0.3 is 5.32 Å². The van der Waals surface area contributed by atoms with Crippen molar-refractivity contribution in [3.05, 3.63) is 23.5 Å². The molecule has 2 unspecified atom stereocenters. The van der Waals surface area contributed by atoms with Crippen molar-refractivity contribution in [1.29, 1.82) is 0 Å².